The lowest BCUT2D eigenvalue weighted by Gasteiger charge is -2.34. The molecule has 7 nitrogen and oxygen atoms in total. The zero-order valence-electron chi connectivity index (χ0n) is 13.3. The minimum Gasteiger partial charge on any atom is -0.348 e. The fourth-order valence-electron chi connectivity index (χ4n) is 2.30. The van der Waals surface area contributed by atoms with Crippen molar-refractivity contribution in [2.45, 2.75) is 45.2 Å². The standard InChI is InChI=1S/C15H23N5O2/c1-15(2,3)19-14(22)20-8-4-11(5-9-20)18-13(21)12-10-16-6-7-17-12/h6-7,10-11H,4-5,8-9H2,1-3H3,(H,18,21)(H,19,22). The number of aromatic nitrogens is 2. The van der Waals surface area contributed by atoms with E-state index in [1.807, 2.05) is 20.8 Å². The van der Waals surface area contributed by atoms with Crippen molar-refractivity contribution < 1.29 is 9.59 Å². The fourth-order valence-corrected chi connectivity index (χ4v) is 2.30. The monoisotopic (exact) mass is 305 g/mol. The van der Waals surface area contributed by atoms with Crippen molar-refractivity contribution in [2.24, 2.45) is 0 Å². The molecule has 1 fully saturated rings. The van der Waals surface area contributed by atoms with Crippen molar-refractivity contribution in [1.29, 1.82) is 0 Å². The van der Waals surface area contributed by atoms with Crippen LogP contribution in [0.1, 0.15) is 44.1 Å². The lowest BCUT2D eigenvalue weighted by Crippen LogP contribution is -2.53. The molecule has 22 heavy (non-hydrogen) atoms. The summed E-state index contributed by atoms with van der Waals surface area (Å²) in [6.07, 6.45) is 5.95. The van der Waals surface area contributed by atoms with Crippen LogP contribution >= 0.6 is 0 Å². The van der Waals surface area contributed by atoms with Crippen molar-refractivity contribution in [3.63, 3.8) is 0 Å². The molecule has 120 valence electrons. The summed E-state index contributed by atoms with van der Waals surface area (Å²) in [6, 6.07) is 0.0133. The minimum atomic E-state index is -0.242. The molecule has 1 aromatic heterocycles. The Balaban J connectivity index is 1.80. The molecule has 2 rings (SSSR count). The quantitative estimate of drug-likeness (QED) is 0.859. The number of nitrogens with zero attached hydrogens (tertiary/aromatic N) is 3. The van der Waals surface area contributed by atoms with Gasteiger partial charge in [0, 0.05) is 37.1 Å². The first-order valence-electron chi connectivity index (χ1n) is 7.49. The van der Waals surface area contributed by atoms with Crippen LogP contribution in [-0.2, 0) is 0 Å². The molecule has 3 amide bonds. The minimum absolute atomic E-state index is 0.0498. The third-order valence-corrected chi connectivity index (χ3v) is 3.40. The van der Waals surface area contributed by atoms with Crippen LogP contribution in [-0.4, -0.2) is 51.5 Å². The number of rotatable bonds is 2. The van der Waals surface area contributed by atoms with Gasteiger partial charge in [-0.25, -0.2) is 9.78 Å². The molecule has 0 unspecified atom stereocenters. The Morgan fingerprint density at radius 2 is 1.91 bits per heavy atom. The number of hydrogen-bond donors (Lipinski definition) is 2. The maximum atomic E-state index is 12.1. The predicted molar refractivity (Wildman–Crippen MR) is 82.4 cm³/mol. The largest absolute Gasteiger partial charge is 0.348 e. The van der Waals surface area contributed by atoms with Gasteiger partial charge in [0.2, 0.25) is 0 Å². The number of hydrogen-bond acceptors (Lipinski definition) is 4. The van der Waals surface area contributed by atoms with Gasteiger partial charge in [-0.3, -0.25) is 9.78 Å². The Bertz CT molecular complexity index is 518. The smallest absolute Gasteiger partial charge is 0.317 e. The third kappa shape index (κ3) is 4.68. The Kier molecular flexibility index (Phi) is 4.95. The molecule has 0 radical (unpaired) electrons. The highest BCUT2D eigenvalue weighted by Gasteiger charge is 2.26. The van der Waals surface area contributed by atoms with E-state index in [1.165, 1.54) is 18.6 Å². The lowest BCUT2D eigenvalue weighted by atomic mass is 10.0. The Morgan fingerprint density at radius 3 is 2.45 bits per heavy atom. The molecule has 0 bridgehead atoms. The molecule has 0 aromatic carbocycles. The Labute approximate surface area is 130 Å². The molecule has 1 aliphatic rings. The van der Waals surface area contributed by atoms with Gasteiger partial charge in [0.05, 0.1) is 6.20 Å². The van der Waals surface area contributed by atoms with Crippen molar-refractivity contribution in [1.82, 2.24) is 25.5 Å². The summed E-state index contributed by atoms with van der Waals surface area (Å²) < 4.78 is 0. The van der Waals surface area contributed by atoms with Crippen molar-refractivity contribution in [3.05, 3.63) is 24.3 Å². The van der Waals surface area contributed by atoms with E-state index in [0.717, 1.165) is 12.8 Å². The number of amides is 3. The number of carbonyl (C=O) groups is 2. The maximum absolute atomic E-state index is 12.1. The van der Waals surface area contributed by atoms with Gasteiger partial charge in [-0.1, -0.05) is 0 Å². The average Bonchev–Trinajstić information content (AvgIpc) is 2.47. The summed E-state index contributed by atoms with van der Waals surface area (Å²) >= 11 is 0. The number of likely N-dealkylation sites (tertiary alicyclic amines) is 1. The van der Waals surface area contributed by atoms with E-state index in [1.54, 1.807) is 4.90 Å². The number of nitrogens with one attached hydrogen (secondary N) is 2. The zero-order chi connectivity index (χ0) is 16.2. The molecule has 1 aliphatic heterocycles. The molecule has 0 spiro atoms. The van der Waals surface area contributed by atoms with E-state index >= 15 is 0 Å². The molecular weight excluding hydrogens is 282 g/mol. The van der Waals surface area contributed by atoms with Crippen molar-refractivity contribution in [2.75, 3.05) is 13.1 Å². The Hall–Kier alpha value is -2.18. The average molecular weight is 305 g/mol. The second-order valence-electron chi connectivity index (χ2n) is 6.51. The molecule has 0 atom stereocenters. The van der Waals surface area contributed by atoms with Gasteiger partial charge in [-0.05, 0) is 33.6 Å². The first-order chi connectivity index (χ1) is 10.3. The highest BCUT2D eigenvalue weighted by atomic mass is 16.2. The summed E-state index contributed by atoms with van der Waals surface area (Å²) in [4.78, 5) is 33.7. The predicted octanol–water partition coefficient (Wildman–Crippen LogP) is 1.18. The topological polar surface area (TPSA) is 87.2 Å². The molecule has 7 heteroatoms. The van der Waals surface area contributed by atoms with Crippen molar-refractivity contribution >= 4 is 11.9 Å². The summed E-state index contributed by atoms with van der Waals surface area (Å²) in [5, 5.41) is 5.89. The van der Waals surface area contributed by atoms with Crippen LogP contribution in [0.2, 0.25) is 0 Å². The molecule has 0 aliphatic carbocycles. The second kappa shape index (κ2) is 6.72. The Morgan fingerprint density at radius 1 is 1.23 bits per heavy atom. The normalized spacial score (nSPS) is 16.2. The molecule has 2 N–H and O–H groups in total. The highest BCUT2D eigenvalue weighted by Crippen LogP contribution is 2.12. The summed E-state index contributed by atoms with van der Waals surface area (Å²) in [6.45, 7) is 7.14. The molecule has 0 saturated carbocycles. The lowest BCUT2D eigenvalue weighted by molar-refractivity contribution is 0.0912. The van der Waals surface area contributed by atoms with E-state index in [0.29, 0.717) is 18.8 Å². The van der Waals surface area contributed by atoms with Crippen LogP contribution in [0.25, 0.3) is 0 Å². The maximum Gasteiger partial charge on any atom is 0.317 e. The van der Waals surface area contributed by atoms with Crippen LogP contribution in [0.4, 0.5) is 4.79 Å². The van der Waals surface area contributed by atoms with Crippen LogP contribution in [0.5, 0.6) is 0 Å². The van der Waals surface area contributed by atoms with Gasteiger partial charge in [-0.2, -0.15) is 0 Å². The van der Waals surface area contributed by atoms with Crippen LogP contribution in [0, 0.1) is 0 Å². The van der Waals surface area contributed by atoms with Gasteiger partial charge >= 0.3 is 6.03 Å². The van der Waals surface area contributed by atoms with Gasteiger partial charge in [-0.15, -0.1) is 0 Å². The van der Waals surface area contributed by atoms with Gasteiger partial charge in [0.1, 0.15) is 5.69 Å². The van der Waals surface area contributed by atoms with Crippen LogP contribution in [0.15, 0.2) is 18.6 Å². The van der Waals surface area contributed by atoms with E-state index in [9.17, 15) is 9.59 Å². The van der Waals surface area contributed by atoms with E-state index in [4.69, 9.17) is 0 Å². The SMILES string of the molecule is CC(C)(C)NC(=O)N1CCC(NC(=O)c2cnccn2)CC1. The zero-order valence-corrected chi connectivity index (χ0v) is 13.3. The molecular formula is C15H23N5O2. The molecule has 1 saturated heterocycles. The number of urea groups is 1. The summed E-state index contributed by atoms with van der Waals surface area (Å²) in [5.41, 5.74) is 0.0733. The highest BCUT2D eigenvalue weighted by molar-refractivity contribution is 5.92. The van der Waals surface area contributed by atoms with E-state index < -0.39 is 0 Å². The van der Waals surface area contributed by atoms with Crippen LogP contribution in [0.3, 0.4) is 0 Å². The van der Waals surface area contributed by atoms with Crippen LogP contribution < -0.4 is 10.6 Å². The first-order valence-corrected chi connectivity index (χ1v) is 7.49. The number of carbonyl (C=O) groups excluding carboxylic acids is 2. The van der Waals surface area contributed by atoms with Gasteiger partial charge in [0.25, 0.3) is 5.91 Å². The summed E-state index contributed by atoms with van der Waals surface area (Å²) in [5.74, 6) is -0.217. The first kappa shape index (κ1) is 16.2. The van der Waals surface area contributed by atoms with Crippen molar-refractivity contribution in [3.8, 4) is 0 Å². The fraction of sp³-hybridized carbons (Fsp3) is 0.600. The van der Waals surface area contributed by atoms with E-state index in [2.05, 4.69) is 20.6 Å². The second-order valence-corrected chi connectivity index (χ2v) is 6.51. The van der Waals surface area contributed by atoms with Gasteiger partial charge < -0.3 is 15.5 Å². The summed E-state index contributed by atoms with van der Waals surface area (Å²) in [7, 11) is 0. The molecule has 2 heterocycles. The van der Waals surface area contributed by atoms with Gasteiger partial charge in [0.15, 0.2) is 0 Å². The molecule has 1 aromatic rings. The third-order valence-electron chi connectivity index (χ3n) is 3.40. The number of piperidine rings is 1. The van der Waals surface area contributed by atoms with E-state index in [-0.39, 0.29) is 23.5 Å².